The fraction of sp³-hybridized carbons (Fsp3) is 1.00. The lowest BCUT2D eigenvalue weighted by Crippen LogP contribution is -2.29. The topological polar surface area (TPSA) is 99.3 Å². The van der Waals surface area contributed by atoms with E-state index in [9.17, 15) is 9.81 Å². The van der Waals surface area contributed by atoms with Crippen LogP contribution in [-0.4, -0.2) is 33.9 Å². The number of rotatable bonds is 7. The van der Waals surface area contributed by atoms with Crippen molar-refractivity contribution in [2.24, 2.45) is 9.16 Å². The van der Waals surface area contributed by atoms with Gasteiger partial charge in [-0.15, -0.1) is 9.81 Å². The monoisotopic (exact) mass is 214 g/mol. The molecule has 0 unspecified atom stereocenters. The van der Waals surface area contributed by atoms with Gasteiger partial charge in [-0.2, -0.15) is 0 Å². The summed E-state index contributed by atoms with van der Waals surface area (Å²) in [5, 5.41) is 18.1. The van der Waals surface area contributed by atoms with Crippen molar-refractivity contribution >= 4 is 23.9 Å². The van der Waals surface area contributed by atoms with Gasteiger partial charge in [0.1, 0.15) is 0 Å². The van der Waals surface area contributed by atoms with Crippen molar-refractivity contribution in [1.82, 2.24) is 0 Å². The second kappa shape index (κ2) is 7.47. The maximum atomic E-state index is 9.59. The molecule has 2 N–H and O–H groups in total. The second-order valence-corrected chi connectivity index (χ2v) is 3.36. The van der Waals surface area contributed by atoms with Crippen molar-refractivity contribution in [3.05, 3.63) is 9.81 Å². The molecule has 2 atom stereocenters. The van der Waals surface area contributed by atoms with Gasteiger partial charge < -0.3 is 10.2 Å². The maximum absolute atomic E-state index is 9.59. The average Bonchev–Trinajstić information content (AvgIpc) is 2.10. The largest absolute Gasteiger partial charge is 0.389 e. The highest BCUT2D eigenvalue weighted by molar-refractivity contribution is 7.98. The van der Waals surface area contributed by atoms with Crippen molar-refractivity contribution in [2.75, 3.05) is 11.5 Å². The van der Waals surface area contributed by atoms with E-state index in [-0.39, 0.29) is 11.5 Å². The number of nitrogens with zero attached hydrogens (tertiary/aromatic N) is 2. The van der Waals surface area contributed by atoms with Gasteiger partial charge in [0.05, 0.1) is 12.2 Å². The van der Waals surface area contributed by atoms with E-state index < -0.39 is 12.2 Å². The molecule has 0 rings (SSSR count). The molecule has 70 valence electrons. The Morgan fingerprint density at radius 3 is 1.58 bits per heavy atom. The van der Waals surface area contributed by atoms with E-state index >= 15 is 0 Å². The van der Waals surface area contributed by atoms with E-state index in [1.807, 2.05) is 0 Å². The van der Waals surface area contributed by atoms with Crippen LogP contribution in [0.25, 0.3) is 0 Å². The minimum atomic E-state index is -1.05. The third-order valence-corrected chi connectivity index (χ3v) is 2.23. The summed E-state index contributed by atoms with van der Waals surface area (Å²) < 4.78 is 4.88. The summed E-state index contributed by atoms with van der Waals surface area (Å²) in [6.45, 7) is 0. The van der Waals surface area contributed by atoms with E-state index in [1.54, 1.807) is 0 Å². The van der Waals surface area contributed by atoms with Crippen LogP contribution in [0.3, 0.4) is 0 Å². The number of hydrogen-bond donors (Lipinski definition) is 2. The zero-order chi connectivity index (χ0) is 9.40. The molecule has 0 heterocycles. The Hall–Kier alpha value is -0.180. The van der Waals surface area contributed by atoms with E-state index in [0.29, 0.717) is 23.9 Å². The maximum Gasteiger partial charge on any atom is 0.0917 e. The van der Waals surface area contributed by atoms with Gasteiger partial charge in [-0.25, -0.2) is 0 Å². The molecule has 0 fully saturated rings. The molecule has 0 aliphatic rings. The zero-order valence-corrected chi connectivity index (χ0v) is 7.62. The standard InChI is InChI=1S/C4H8N2O4S2/c7-3(1-11-5-9)4(8)2-12-6-10/h3-4,7-8H,1-2H2/t3-,4-/m1/s1/i5+1,6+1. The first-order chi connectivity index (χ1) is 5.72. The highest BCUT2D eigenvalue weighted by Gasteiger charge is 2.16. The van der Waals surface area contributed by atoms with Gasteiger partial charge in [-0.05, 0) is 0 Å². The molecule has 0 saturated heterocycles. The predicted molar refractivity (Wildman–Crippen MR) is 48.5 cm³/mol. The minimum absolute atomic E-state index is 0.0179. The van der Waals surface area contributed by atoms with Gasteiger partial charge in [-0.3, -0.25) is 0 Å². The Kier molecular flexibility index (Phi) is 7.36. The molecule has 0 saturated carbocycles. The summed E-state index contributed by atoms with van der Waals surface area (Å²) in [6, 6.07) is 0. The summed E-state index contributed by atoms with van der Waals surface area (Å²) in [6.07, 6.45) is -2.11. The van der Waals surface area contributed by atoms with Crippen molar-refractivity contribution < 1.29 is 10.2 Å². The van der Waals surface area contributed by atoms with Crippen LogP contribution in [-0.2, 0) is 0 Å². The molecule has 8 heteroatoms. The van der Waals surface area contributed by atoms with Crippen LogP contribution >= 0.6 is 23.9 Å². The van der Waals surface area contributed by atoms with Gasteiger partial charge in [0.2, 0.25) is 0 Å². The van der Waals surface area contributed by atoms with Crippen LogP contribution in [0.15, 0.2) is 9.16 Å². The summed E-state index contributed by atoms with van der Waals surface area (Å²) in [4.78, 5) is 19.2. The smallest absolute Gasteiger partial charge is 0.0917 e. The molecule has 0 aromatic carbocycles. The van der Waals surface area contributed by atoms with Gasteiger partial charge in [0, 0.05) is 44.6 Å². The Morgan fingerprint density at radius 1 is 1.00 bits per heavy atom. The highest BCUT2D eigenvalue weighted by atomic mass is 32.2. The zero-order valence-electron chi connectivity index (χ0n) is 5.99. The first kappa shape index (κ1) is 11.8. The summed E-state index contributed by atoms with van der Waals surface area (Å²) >= 11 is 1.24. The first-order valence-electron chi connectivity index (χ1n) is 2.97. The third kappa shape index (κ3) is 5.47. The van der Waals surface area contributed by atoms with E-state index in [2.05, 4.69) is 9.16 Å². The van der Waals surface area contributed by atoms with Gasteiger partial charge >= 0.3 is 0 Å². The molecule has 12 heavy (non-hydrogen) atoms. The molecule has 6 nitrogen and oxygen atoms in total. The Morgan fingerprint density at radius 2 is 1.33 bits per heavy atom. The van der Waals surface area contributed by atoms with Crippen molar-refractivity contribution in [2.45, 2.75) is 12.2 Å². The third-order valence-electron chi connectivity index (χ3n) is 1.04. The fourth-order valence-corrected chi connectivity index (χ4v) is 1.31. The van der Waals surface area contributed by atoms with Crippen LogP contribution in [0.5, 0.6) is 0 Å². The molecule has 0 aromatic heterocycles. The van der Waals surface area contributed by atoms with Crippen LogP contribution < -0.4 is 0 Å². The average molecular weight is 214 g/mol. The second-order valence-electron chi connectivity index (χ2n) is 1.88. The number of hydrogen-bond acceptors (Lipinski definition) is 8. The molecular formula is C4H8N2O4S2. The first-order valence-corrected chi connectivity index (χ1v) is 4.86. The molecule has 0 bridgehead atoms. The van der Waals surface area contributed by atoms with Gasteiger partial charge in [0.15, 0.2) is 0 Å². The molecule has 0 spiro atoms. The van der Waals surface area contributed by atoms with Crippen molar-refractivity contribution in [1.29, 1.82) is 0 Å². The summed E-state index contributed by atoms with van der Waals surface area (Å²) in [5.74, 6) is 0.0359. The Bertz CT molecular complexity index is 131. The lowest BCUT2D eigenvalue weighted by Gasteiger charge is -2.13. The van der Waals surface area contributed by atoms with Gasteiger partial charge in [0.25, 0.3) is 0 Å². The fourth-order valence-electron chi connectivity index (χ4n) is 0.436. The summed E-state index contributed by atoms with van der Waals surface area (Å²) in [7, 11) is 0. The molecule has 0 aliphatic heterocycles. The number of aliphatic hydroxyl groups excluding tert-OH is 2. The summed E-state index contributed by atoms with van der Waals surface area (Å²) in [5.41, 5.74) is 0. The number of aliphatic hydroxyl groups is 2. The SMILES string of the molecule is O=[15N]SC[C@@H](O)[C@H](O)CS[15N]=O. The lowest BCUT2D eigenvalue weighted by molar-refractivity contribution is 0.0500. The molecule has 0 aliphatic carbocycles. The number of nitroso groups, excluding NO2 is 2. The molecule has 0 radical (unpaired) electrons. The Labute approximate surface area is 77.3 Å². The van der Waals surface area contributed by atoms with E-state index in [0.717, 1.165) is 0 Å². The highest BCUT2D eigenvalue weighted by Crippen LogP contribution is 2.11. The van der Waals surface area contributed by atoms with Crippen LogP contribution in [0.2, 0.25) is 0 Å². The molecule has 0 aromatic rings. The molecular weight excluding hydrogens is 206 g/mol. The lowest BCUT2D eigenvalue weighted by atomic mass is 10.3. The minimum Gasteiger partial charge on any atom is -0.389 e. The normalized spacial score (nSPS) is 15.2. The van der Waals surface area contributed by atoms with Crippen LogP contribution in [0.4, 0.5) is 0 Å². The van der Waals surface area contributed by atoms with Crippen molar-refractivity contribution in [3.8, 4) is 0 Å². The van der Waals surface area contributed by atoms with E-state index in [4.69, 9.17) is 10.2 Å². The predicted octanol–water partition coefficient (Wildman–Crippen LogP) is 0.537. The van der Waals surface area contributed by atoms with Crippen molar-refractivity contribution in [3.63, 3.8) is 0 Å². The van der Waals surface area contributed by atoms with Crippen LogP contribution in [0, 0.1) is 9.81 Å². The molecule has 0 amide bonds. The quantitative estimate of drug-likeness (QED) is 0.364. The van der Waals surface area contributed by atoms with Crippen LogP contribution in [0.1, 0.15) is 0 Å². The Balaban J connectivity index is 3.52. The van der Waals surface area contributed by atoms with E-state index in [1.165, 1.54) is 0 Å². The van der Waals surface area contributed by atoms with Gasteiger partial charge in [-0.1, -0.05) is 0 Å².